The van der Waals surface area contributed by atoms with E-state index in [4.69, 9.17) is 4.42 Å². The van der Waals surface area contributed by atoms with E-state index >= 15 is 0 Å². The second kappa shape index (κ2) is 5.15. The van der Waals surface area contributed by atoms with Gasteiger partial charge in [-0.15, -0.1) is 11.3 Å². The van der Waals surface area contributed by atoms with Crippen LogP contribution in [0, 0.1) is 0 Å². The average Bonchev–Trinajstić information content (AvgIpc) is 3.04. The number of hydrogen-bond donors (Lipinski definition) is 1. The first kappa shape index (κ1) is 13.2. The highest BCUT2D eigenvalue weighted by atomic mass is 32.1. The summed E-state index contributed by atoms with van der Waals surface area (Å²) in [6.45, 7) is 0. The molecule has 0 spiro atoms. The van der Waals surface area contributed by atoms with Gasteiger partial charge >= 0.3 is 11.9 Å². The monoisotopic (exact) mass is 282 g/mol. The fourth-order valence-corrected chi connectivity index (χ4v) is 2.62. The summed E-state index contributed by atoms with van der Waals surface area (Å²) in [5.74, 6) is -1.69. The number of ether oxygens (including phenoxy) is 2. The summed E-state index contributed by atoms with van der Waals surface area (Å²) in [7, 11) is 2.41. The van der Waals surface area contributed by atoms with Crippen LogP contribution < -0.4 is 0 Å². The Hall–Kier alpha value is -2.28. The van der Waals surface area contributed by atoms with Crippen LogP contribution in [-0.2, 0) is 9.47 Å². The van der Waals surface area contributed by atoms with E-state index in [0.29, 0.717) is 5.56 Å². The fourth-order valence-electron chi connectivity index (χ4n) is 1.56. The van der Waals surface area contributed by atoms with Crippen molar-refractivity contribution in [2.24, 2.45) is 0 Å². The lowest BCUT2D eigenvalue weighted by molar-refractivity contribution is 0.0597. The molecule has 100 valence electrons. The van der Waals surface area contributed by atoms with Gasteiger partial charge in [0.1, 0.15) is 10.6 Å². The molecule has 2 rings (SSSR count). The Bertz CT molecular complexity index is 610. The summed E-state index contributed by atoms with van der Waals surface area (Å²) in [6.07, 6.45) is 2.75. The topological polar surface area (TPSA) is 86.0 Å². The summed E-state index contributed by atoms with van der Waals surface area (Å²) in [5.41, 5.74) is 0.676. The molecule has 0 bridgehead atoms. The van der Waals surface area contributed by atoms with Crippen molar-refractivity contribution in [1.82, 2.24) is 0 Å². The quantitative estimate of drug-likeness (QED) is 0.869. The van der Waals surface area contributed by atoms with E-state index in [0.717, 1.165) is 11.3 Å². The standard InChI is InChI=1S/C12H10O6S/c1-16-11(14)9-7(6-3-4-18-5-6)8(13)10(19-9)12(15)17-2/h3-5,13H,1-2H3. The number of rotatable bonds is 3. The normalized spacial score (nSPS) is 10.2. The van der Waals surface area contributed by atoms with Gasteiger partial charge in [-0.05, 0) is 6.07 Å². The molecular weight excluding hydrogens is 272 g/mol. The maximum absolute atomic E-state index is 11.7. The predicted molar refractivity (Wildman–Crippen MR) is 66.4 cm³/mol. The highest BCUT2D eigenvalue weighted by molar-refractivity contribution is 7.16. The second-order valence-electron chi connectivity index (χ2n) is 3.48. The molecule has 1 N–H and O–H groups in total. The van der Waals surface area contributed by atoms with E-state index in [9.17, 15) is 14.7 Å². The molecular formula is C12H10O6S. The zero-order valence-electron chi connectivity index (χ0n) is 10.1. The molecule has 0 aliphatic carbocycles. The molecule has 0 aliphatic rings. The lowest BCUT2D eigenvalue weighted by atomic mass is 10.1. The smallest absolute Gasteiger partial charge is 0.351 e. The number of methoxy groups -OCH3 is 2. The molecule has 0 radical (unpaired) electrons. The third-order valence-electron chi connectivity index (χ3n) is 2.43. The first-order chi connectivity index (χ1) is 9.10. The Kier molecular flexibility index (Phi) is 3.57. The molecule has 0 amide bonds. The zero-order chi connectivity index (χ0) is 14.0. The molecule has 19 heavy (non-hydrogen) atoms. The van der Waals surface area contributed by atoms with Gasteiger partial charge in [0.25, 0.3) is 0 Å². The van der Waals surface area contributed by atoms with E-state index in [1.54, 1.807) is 6.07 Å². The highest BCUT2D eigenvalue weighted by Gasteiger charge is 2.28. The molecule has 7 heteroatoms. The predicted octanol–water partition coefficient (Wildman–Crippen LogP) is 2.29. The summed E-state index contributed by atoms with van der Waals surface area (Å²) in [6, 6.07) is 1.56. The van der Waals surface area contributed by atoms with E-state index in [2.05, 4.69) is 9.47 Å². The molecule has 2 aromatic rings. The minimum Gasteiger partial charge on any atom is -0.505 e. The summed E-state index contributed by atoms with van der Waals surface area (Å²) >= 11 is 0.809. The Balaban J connectivity index is 2.65. The number of thiophene rings is 1. The molecule has 2 heterocycles. The SMILES string of the molecule is COC(=O)c1sc(C(=O)OC)c(-c2ccoc2)c1O. The van der Waals surface area contributed by atoms with Crippen molar-refractivity contribution in [2.75, 3.05) is 14.2 Å². The Morgan fingerprint density at radius 3 is 2.37 bits per heavy atom. The van der Waals surface area contributed by atoms with Gasteiger partial charge in [-0.3, -0.25) is 0 Å². The van der Waals surface area contributed by atoms with Crippen LogP contribution in [0.4, 0.5) is 0 Å². The number of furan rings is 1. The van der Waals surface area contributed by atoms with Crippen molar-refractivity contribution in [3.8, 4) is 16.9 Å². The van der Waals surface area contributed by atoms with Crippen LogP contribution in [-0.4, -0.2) is 31.3 Å². The third kappa shape index (κ3) is 2.19. The first-order valence-electron chi connectivity index (χ1n) is 5.15. The lowest BCUT2D eigenvalue weighted by Gasteiger charge is -2.00. The largest absolute Gasteiger partial charge is 0.505 e. The molecule has 0 unspecified atom stereocenters. The van der Waals surface area contributed by atoms with E-state index in [-0.39, 0.29) is 21.1 Å². The van der Waals surface area contributed by atoms with Crippen LogP contribution in [0.2, 0.25) is 0 Å². The lowest BCUT2D eigenvalue weighted by Crippen LogP contribution is -1.99. The first-order valence-corrected chi connectivity index (χ1v) is 5.96. The van der Waals surface area contributed by atoms with Gasteiger partial charge in [-0.2, -0.15) is 0 Å². The van der Waals surface area contributed by atoms with Gasteiger partial charge in [0.05, 0.1) is 32.3 Å². The van der Waals surface area contributed by atoms with E-state index in [1.165, 1.54) is 26.7 Å². The minimum absolute atomic E-state index is 0.0564. The van der Waals surface area contributed by atoms with Gasteiger partial charge in [-0.25, -0.2) is 9.59 Å². The van der Waals surface area contributed by atoms with E-state index in [1.807, 2.05) is 0 Å². The molecule has 0 saturated heterocycles. The maximum Gasteiger partial charge on any atom is 0.351 e. The van der Waals surface area contributed by atoms with Crippen molar-refractivity contribution >= 4 is 23.3 Å². The molecule has 0 aromatic carbocycles. The minimum atomic E-state index is -0.720. The van der Waals surface area contributed by atoms with Crippen molar-refractivity contribution < 1.29 is 28.6 Å². The number of carbonyl (C=O) groups excluding carboxylic acids is 2. The summed E-state index contributed by atoms with van der Waals surface area (Å²) < 4.78 is 14.1. The zero-order valence-corrected chi connectivity index (χ0v) is 10.9. The van der Waals surface area contributed by atoms with Crippen LogP contribution in [0.5, 0.6) is 5.75 Å². The molecule has 0 saturated carbocycles. The summed E-state index contributed by atoms with van der Waals surface area (Å²) in [5, 5.41) is 10.1. The van der Waals surface area contributed by atoms with Gasteiger partial charge in [0, 0.05) is 5.56 Å². The Morgan fingerprint density at radius 2 is 1.84 bits per heavy atom. The number of aromatic hydroxyl groups is 1. The highest BCUT2D eigenvalue weighted by Crippen LogP contribution is 2.42. The number of esters is 2. The van der Waals surface area contributed by atoms with Crippen molar-refractivity contribution in [1.29, 1.82) is 0 Å². The molecule has 0 aliphatic heterocycles. The Labute approximate surface area is 112 Å². The number of hydrogen-bond acceptors (Lipinski definition) is 7. The molecule has 2 aromatic heterocycles. The fraction of sp³-hybridized carbons (Fsp3) is 0.167. The van der Waals surface area contributed by atoms with Gasteiger partial charge < -0.3 is 19.0 Å². The Morgan fingerprint density at radius 1 is 1.21 bits per heavy atom. The van der Waals surface area contributed by atoms with Crippen LogP contribution in [0.25, 0.3) is 11.1 Å². The van der Waals surface area contributed by atoms with E-state index < -0.39 is 11.9 Å². The molecule has 0 atom stereocenters. The van der Waals surface area contributed by atoms with Crippen LogP contribution >= 0.6 is 11.3 Å². The maximum atomic E-state index is 11.7. The van der Waals surface area contributed by atoms with Crippen molar-refractivity contribution in [3.63, 3.8) is 0 Å². The molecule has 0 fully saturated rings. The third-order valence-corrected chi connectivity index (χ3v) is 3.57. The van der Waals surface area contributed by atoms with Gasteiger partial charge in [-0.1, -0.05) is 0 Å². The second-order valence-corrected chi connectivity index (χ2v) is 4.50. The van der Waals surface area contributed by atoms with Gasteiger partial charge in [0.15, 0.2) is 4.88 Å². The van der Waals surface area contributed by atoms with Crippen molar-refractivity contribution in [2.45, 2.75) is 0 Å². The van der Waals surface area contributed by atoms with Crippen LogP contribution in [0.3, 0.4) is 0 Å². The average molecular weight is 282 g/mol. The summed E-state index contributed by atoms with van der Waals surface area (Å²) in [4.78, 5) is 23.3. The van der Waals surface area contributed by atoms with Crippen LogP contribution in [0.1, 0.15) is 19.3 Å². The van der Waals surface area contributed by atoms with Crippen LogP contribution in [0.15, 0.2) is 23.0 Å². The molecule has 6 nitrogen and oxygen atoms in total. The van der Waals surface area contributed by atoms with Crippen molar-refractivity contribution in [3.05, 3.63) is 28.3 Å². The van der Waals surface area contributed by atoms with Gasteiger partial charge in [0.2, 0.25) is 0 Å². The number of carbonyl (C=O) groups is 2.